The molecule has 67 heavy (non-hydrogen) atoms. The molecular weight excluding hydrogens is 819 g/mol. The van der Waals surface area contributed by atoms with Gasteiger partial charge in [0.25, 0.3) is 0 Å². The first-order valence-corrected chi connectivity index (χ1v) is 22.6. The predicted molar refractivity (Wildman–Crippen MR) is 275 cm³/mol. The lowest BCUT2D eigenvalue weighted by molar-refractivity contribution is 0.670. The number of aromatic nitrogens is 5. The van der Waals surface area contributed by atoms with Gasteiger partial charge in [-0.2, -0.15) is 0 Å². The highest BCUT2D eigenvalue weighted by molar-refractivity contribution is 6.19. The van der Waals surface area contributed by atoms with Gasteiger partial charge in [0.1, 0.15) is 11.2 Å². The van der Waals surface area contributed by atoms with Crippen LogP contribution in [-0.2, 0) is 0 Å². The van der Waals surface area contributed by atoms with Gasteiger partial charge in [-0.05, 0) is 83.1 Å². The molecule has 0 N–H and O–H groups in total. The minimum Gasteiger partial charge on any atom is -0.455 e. The molecule has 0 spiro atoms. The number of hydrogen-bond acceptors (Lipinski definition) is 4. The number of nitrogens with zero attached hydrogens (tertiary/aromatic N) is 5. The smallest absolute Gasteiger partial charge is 0.166 e. The van der Waals surface area contributed by atoms with Crippen LogP contribution in [0.25, 0.3) is 133 Å². The highest BCUT2D eigenvalue weighted by atomic mass is 16.3. The maximum atomic E-state index is 6.72. The number of para-hydroxylation sites is 5. The van der Waals surface area contributed by atoms with Crippen LogP contribution in [0.4, 0.5) is 0 Å². The summed E-state index contributed by atoms with van der Waals surface area (Å²) in [6.45, 7) is 0. The van der Waals surface area contributed by atoms with E-state index in [1.165, 1.54) is 16.2 Å². The first-order valence-electron chi connectivity index (χ1n) is 22.6. The van der Waals surface area contributed by atoms with Gasteiger partial charge in [0.05, 0.1) is 22.1 Å². The van der Waals surface area contributed by atoms with E-state index < -0.39 is 0 Å². The van der Waals surface area contributed by atoms with E-state index in [0.29, 0.717) is 17.5 Å². The van der Waals surface area contributed by atoms with Crippen molar-refractivity contribution in [2.45, 2.75) is 0 Å². The molecule has 4 heterocycles. The molecule has 0 aliphatic rings. The Kier molecular flexibility index (Phi) is 8.18. The average Bonchev–Trinajstić information content (AvgIpc) is 4.05. The van der Waals surface area contributed by atoms with Crippen molar-refractivity contribution in [2.75, 3.05) is 0 Å². The third kappa shape index (κ3) is 5.86. The zero-order valence-electron chi connectivity index (χ0n) is 36.0. The number of rotatable bonds is 6. The normalized spacial score (nSPS) is 11.9. The first-order chi connectivity index (χ1) is 33.2. The summed E-state index contributed by atoms with van der Waals surface area (Å²) in [5.74, 6) is 1.75. The standard InChI is InChI=1S/C61H37N5O/c1-4-17-38(18-5-1)59-62-60(41-31-32-47-46-25-12-14-29-53(46)65(54(47)37-41)43-21-6-2-7-22-43)64-61(63-59)52-35-42(45-27-16-28-49-48-26-13-15-30-56(48)67-58(45)49)34-51-50-33-39-19-10-11-20-40(39)36-55(50)66(57(51)52)44-23-8-3-9-24-44/h1-37H. The van der Waals surface area contributed by atoms with Gasteiger partial charge in [-0.3, -0.25) is 0 Å². The van der Waals surface area contributed by atoms with E-state index in [1.54, 1.807) is 0 Å². The average molecular weight is 856 g/mol. The Labute approximate surface area is 384 Å². The van der Waals surface area contributed by atoms with Crippen LogP contribution in [-0.4, -0.2) is 24.1 Å². The zero-order chi connectivity index (χ0) is 44.0. The third-order valence-electron chi connectivity index (χ3n) is 13.3. The minimum absolute atomic E-state index is 0.570. The van der Waals surface area contributed by atoms with Gasteiger partial charge >= 0.3 is 0 Å². The van der Waals surface area contributed by atoms with Crippen LogP contribution in [0.1, 0.15) is 0 Å². The van der Waals surface area contributed by atoms with E-state index in [4.69, 9.17) is 19.4 Å². The molecule has 0 aliphatic heterocycles. The molecular formula is C61H37N5O. The number of furan rings is 1. The van der Waals surface area contributed by atoms with Crippen molar-refractivity contribution in [1.82, 2.24) is 24.1 Å². The highest BCUT2D eigenvalue weighted by Crippen LogP contribution is 2.45. The molecule has 312 valence electrons. The van der Waals surface area contributed by atoms with E-state index in [9.17, 15) is 0 Å². The van der Waals surface area contributed by atoms with Gasteiger partial charge in [0, 0.05) is 65.9 Å². The summed E-state index contributed by atoms with van der Waals surface area (Å²) in [6, 6.07) is 79.1. The van der Waals surface area contributed by atoms with Crippen LogP contribution in [0, 0.1) is 0 Å². The second kappa shape index (κ2) is 14.7. The summed E-state index contributed by atoms with van der Waals surface area (Å²) in [7, 11) is 0. The van der Waals surface area contributed by atoms with E-state index in [1.807, 2.05) is 30.3 Å². The summed E-state index contributed by atoms with van der Waals surface area (Å²) in [5.41, 5.74) is 12.8. The van der Waals surface area contributed by atoms with Gasteiger partial charge in [-0.1, -0.05) is 158 Å². The zero-order valence-corrected chi connectivity index (χ0v) is 36.0. The van der Waals surface area contributed by atoms with Gasteiger partial charge < -0.3 is 13.6 Å². The summed E-state index contributed by atoms with van der Waals surface area (Å²) < 4.78 is 11.4. The van der Waals surface area contributed by atoms with Crippen LogP contribution in [0.15, 0.2) is 229 Å². The predicted octanol–water partition coefficient (Wildman–Crippen LogP) is 15.8. The summed E-state index contributed by atoms with van der Waals surface area (Å²) >= 11 is 0. The van der Waals surface area contributed by atoms with Crippen molar-refractivity contribution < 1.29 is 4.42 Å². The molecule has 0 saturated carbocycles. The molecule has 4 aromatic heterocycles. The van der Waals surface area contributed by atoms with Crippen molar-refractivity contribution in [3.63, 3.8) is 0 Å². The van der Waals surface area contributed by atoms with E-state index in [-0.39, 0.29) is 0 Å². The van der Waals surface area contributed by atoms with Gasteiger partial charge in [0.15, 0.2) is 17.5 Å². The van der Waals surface area contributed by atoms with Crippen molar-refractivity contribution in [3.8, 4) is 56.7 Å². The molecule has 0 bridgehead atoms. The lowest BCUT2D eigenvalue weighted by Gasteiger charge is -2.15. The molecule has 14 aromatic rings. The molecule has 0 unspecified atom stereocenters. The Hall–Kier alpha value is -9.13. The van der Waals surface area contributed by atoms with Crippen LogP contribution >= 0.6 is 0 Å². The van der Waals surface area contributed by atoms with Gasteiger partial charge in [0.2, 0.25) is 0 Å². The topological polar surface area (TPSA) is 61.7 Å². The fourth-order valence-electron chi connectivity index (χ4n) is 10.3. The second-order valence-electron chi connectivity index (χ2n) is 17.2. The lowest BCUT2D eigenvalue weighted by Crippen LogP contribution is -2.03. The Morgan fingerprint density at radius 1 is 0.313 bits per heavy atom. The molecule has 10 aromatic carbocycles. The molecule has 0 saturated heterocycles. The van der Waals surface area contributed by atoms with Crippen LogP contribution in [0.2, 0.25) is 0 Å². The maximum absolute atomic E-state index is 6.72. The molecule has 0 amide bonds. The lowest BCUT2D eigenvalue weighted by atomic mass is 9.96. The fourth-order valence-corrected chi connectivity index (χ4v) is 10.3. The summed E-state index contributed by atoms with van der Waals surface area (Å²) in [4.78, 5) is 16.3. The largest absolute Gasteiger partial charge is 0.455 e. The Morgan fingerprint density at radius 2 is 0.910 bits per heavy atom. The number of fused-ring (bicyclic) bond motifs is 10. The number of benzene rings is 10. The Balaban J connectivity index is 1.11. The van der Waals surface area contributed by atoms with Crippen LogP contribution < -0.4 is 0 Å². The number of hydrogen-bond donors (Lipinski definition) is 0. The second-order valence-corrected chi connectivity index (χ2v) is 17.2. The fraction of sp³-hybridized carbons (Fsp3) is 0. The van der Waals surface area contributed by atoms with E-state index >= 15 is 0 Å². The third-order valence-corrected chi connectivity index (χ3v) is 13.3. The summed E-state index contributed by atoms with van der Waals surface area (Å²) in [6.07, 6.45) is 0. The van der Waals surface area contributed by atoms with E-state index in [0.717, 1.165) is 99.4 Å². The van der Waals surface area contributed by atoms with Crippen molar-refractivity contribution in [1.29, 1.82) is 0 Å². The van der Waals surface area contributed by atoms with Crippen molar-refractivity contribution in [2.24, 2.45) is 0 Å². The quantitative estimate of drug-likeness (QED) is 0.167. The van der Waals surface area contributed by atoms with Crippen LogP contribution in [0.3, 0.4) is 0 Å². The molecule has 0 fully saturated rings. The van der Waals surface area contributed by atoms with E-state index in [2.05, 4.69) is 203 Å². The van der Waals surface area contributed by atoms with Crippen molar-refractivity contribution >= 4 is 76.3 Å². The maximum Gasteiger partial charge on any atom is 0.166 e. The monoisotopic (exact) mass is 855 g/mol. The van der Waals surface area contributed by atoms with Gasteiger partial charge in [-0.25, -0.2) is 15.0 Å². The highest BCUT2D eigenvalue weighted by Gasteiger charge is 2.24. The summed E-state index contributed by atoms with van der Waals surface area (Å²) in [5, 5.41) is 9.07. The molecule has 0 radical (unpaired) electrons. The SMILES string of the molecule is c1ccc(-c2nc(-c3ccc4c5ccccc5n(-c5ccccc5)c4c3)nc(-c3cc(-c4cccc5c4oc4ccccc45)cc4c5cc6ccccc6cc5n(-c5ccccc5)c34)n2)cc1. The molecule has 6 heteroatoms. The first kappa shape index (κ1) is 37.3. The Bertz CT molecular complexity index is 4260. The molecule has 6 nitrogen and oxygen atoms in total. The van der Waals surface area contributed by atoms with Crippen molar-refractivity contribution in [3.05, 3.63) is 224 Å². The minimum atomic E-state index is 0.570. The van der Waals surface area contributed by atoms with Crippen LogP contribution in [0.5, 0.6) is 0 Å². The Morgan fingerprint density at radius 3 is 1.70 bits per heavy atom. The van der Waals surface area contributed by atoms with Gasteiger partial charge in [-0.15, -0.1) is 0 Å². The molecule has 0 atom stereocenters. The molecule has 0 aliphatic carbocycles. The molecule has 14 rings (SSSR count).